The van der Waals surface area contributed by atoms with Gasteiger partial charge in [-0.3, -0.25) is 9.59 Å². The third kappa shape index (κ3) is 4.31. The van der Waals surface area contributed by atoms with Crippen LogP contribution in [-0.4, -0.2) is 18.9 Å². The van der Waals surface area contributed by atoms with Crippen LogP contribution in [0.15, 0.2) is 88.3 Å². The number of amides is 2. The molecule has 4 rings (SSSR count). The zero-order chi connectivity index (χ0) is 22.0. The number of carbonyl (C=O) groups excluding carboxylic acids is 2. The molecule has 31 heavy (non-hydrogen) atoms. The van der Waals surface area contributed by atoms with Gasteiger partial charge in [0.05, 0.1) is 12.8 Å². The van der Waals surface area contributed by atoms with Gasteiger partial charge in [-0.1, -0.05) is 47.6 Å². The number of rotatable bonds is 6. The highest BCUT2D eigenvalue weighted by Crippen LogP contribution is 2.38. The Morgan fingerprint density at radius 2 is 1.65 bits per heavy atom. The van der Waals surface area contributed by atoms with E-state index in [0.29, 0.717) is 27.1 Å². The highest BCUT2D eigenvalue weighted by molar-refractivity contribution is 8.04. The SMILES string of the molecule is COc1ccc(NC2=C(Sc3ccccc3)C(=O)N(c3ccc(C)c(Cl)c3)C2=O)cc1. The molecular formula is C24H19ClN2O3S. The summed E-state index contributed by atoms with van der Waals surface area (Å²) in [6.45, 7) is 1.87. The predicted molar refractivity (Wildman–Crippen MR) is 125 cm³/mol. The Bertz CT molecular complexity index is 1180. The van der Waals surface area contributed by atoms with E-state index in [9.17, 15) is 9.59 Å². The molecule has 0 unspecified atom stereocenters. The molecule has 0 bridgehead atoms. The molecule has 1 N–H and O–H groups in total. The van der Waals surface area contributed by atoms with Crippen molar-refractivity contribution in [1.82, 2.24) is 0 Å². The summed E-state index contributed by atoms with van der Waals surface area (Å²) in [6.07, 6.45) is 0. The van der Waals surface area contributed by atoms with Crippen LogP contribution in [0.4, 0.5) is 11.4 Å². The molecule has 1 aliphatic heterocycles. The summed E-state index contributed by atoms with van der Waals surface area (Å²) in [5.74, 6) is -0.128. The third-order valence-corrected chi connectivity index (χ3v) is 6.28. The predicted octanol–water partition coefficient (Wildman–Crippen LogP) is 5.65. The van der Waals surface area contributed by atoms with Crippen molar-refractivity contribution in [1.29, 1.82) is 0 Å². The van der Waals surface area contributed by atoms with E-state index < -0.39 is 11.8 Å². The summed E-state index contributed by atoms with van der Waals surface area (Å²) in [5, 5.41) is 3.62. The molecule has 0 radical (unpaired) electrons. The monoisotopic (exact) mass is 450 g/mol. The Morgan fingerprint density at radius 3 is 2.29 bits per heavy atom. The second-order valence-corrected chi connectivity index (χ2v) is 8.34. The second-order valence-electron chi connectivity index (χ2n) is 6.85. The zero-order valence-electron chi connectivity index (χ0n) is 16.9. The van der Waals surface area contributed by atoms with E-state index in [0.717, 1.165) is 15.4 Å². The molecule has 7 heteroatoms. The van der Waals surface area contributed by atoms with Crippen molar-refractivity contribution < 1.29 is 14.3 Å². The van der Waals surface area contributed by atoms with Gasteiger partial charge in [0.1, 0.15) is 16.4 Å². The van der Waals surface area contributed by atoms with Crippen LogP contribution in [-0.2, 0) is 9.59 Å². The third-order valence-electron chi connectivity index (χ3n) is 4.78. The molecule has 3 aromatic rings. The van der Waals surface area contributed by atoms with E-state index in [4.69, 9.17) is 16.3 Å². The molecule has 0 saturated heterocycles. The van der Waals surface area contributed by atoms with Crippen molar-refractivity contribution in [3.63, 3.8) is 0 Å². The van der Waals surface area contributed by atoms with Gasteiger partial charge in [-0.2, -0.15) is 0 Å². The lowest BCUT2D eigenvalue weighted by Gasteiger charge is -2.16. The second kappa shape index (κ2) is 8.88. The van der Waals surface area contributed by atoms with E-state index in [-0.39, 0.29) is 5.70 Å². The number of ether oxygens (including phenoxy) is 1. The summed E-state index contributed by atoms with van der Waals surface area (Å²) in [5.41, 5.74) is 2.20. The molecule has 0 aliphatic carbocycles. The first kappa shape index (κ1) is 21.0. The molecule has 0 atom stereocenters. The van der Waals surface area contributed by atoms with Crippen LogP contribution >= 0.6 is 23.4 Å². The number of aryl methyl sites for hydroxylation is 1. The average molecular weight is 451 g/mol. The molecule has 0 saturated carbocycles. The van der Waals surface area contributed by atoms with Crippen LogP contribution in [0.5, 0.6) is 5.75 Å². The molecule has 1 heterocycles. The van der Waals surface area contributed by atoms with Crippen molar-refractivity contribution in [2.45, 2.75) is 11.8 Å². The number of imide groups is 1. The maximum absolute atomic E-state index is 13.3. The van der Waals surface area contributed by atoms with E-state index in [2.05, 4.69) is 5.32 Å². The van der Waals surface area contributed by atoms with Crippen molar-refractivity contribution in [3.8, 4) is 5.75 Å². The van der Waals surface area contributed by atoms with Gasteiger partial charge < -0.3 is 10.1 Å². The number of hydrogen-bond donors (Lipinski definition) is 1. The minimum atomic E-state index is -0.431. The number of nitrogens with zero attached hydrogens (tertiary/aromatic N) is 1. The fourth-order valence-electron chi connectivity index (χ4n) is 3.09. The van der Waals surface area contributed by atoms with Crippen molar-refractivity contribution in [2.24, 2.45) is 0 Å². The van der Waals surface area contributed by atoms with Gasteiger partial charge >= 0.3 is 0 Å². The molecule has 1 aliphatic rings. The summed E-state index contributed by atoms with van der Waals surface area (Å²) in [4.78, 5) is 29.0. The molecule has 0 spiro atoms. The van der Waals surface area contributed by atoms with Gasteiger partial charge in [-0.25, -0.2) is 4.90 Å². The van der Waals surface area contributed by atoms with E-state index in [1.54, 1.807) is 49.6 Å². The first-order valence-corrected chi connectivity index (χ1v) is 10.7. The standard InChI is InChI=1S/C24H19ClN2O3S/c1-15-8-11-17(14-20(15)25)27-23(28)21(26-16-9-12-18(30-2)13-10-16)22(24(27)29)31-19-6-4-3-5-7-19/h3-14,26H,1-2H3. The van der Waals surface area contributed by atoms with Gasteiger partial charge in [0.15, 0.2) is 0 Å². The van der Waals surface area contributed by atoms with E-state index in [1.807, 2.05) is 37.3 Å². The number of anilines is 2. The van der Waals surface area contributed by atoms with Crippen LogP contribution in [0, 0.1) is 6.92 Å². The zero-order valence-corrected chi connectivity index (χ0v) is 18.5. The summed E-state index contributed by atoms with van der Waals surface area (Å²) >= 11 is 7.50. The van der Waals surface area contributed by atoms with Gasteiger partial charge in [0, 0.05) is 15.6 Å². The summed E-state index contributed by atoms with van der Waals surface area (Å²) < 4.78 is 5.19. The number of nitrogens with one attached hydrogen (secondary N) is 1. The highest BCUT2D eigenvalue weighted by atomic mass is 35.5. The summed E-state index contributed by atoms with van der Waals surface area (Å²) in [6, 6.07) is 21.8. The number of benzene rings is 3. The average Bonchev–Trinajstić information content (AvgIpc) is 3.01. The molecule has 0 aromatic heterocycles. The van der Waals surface area contributed by atoms with Crippen molar-refractivity contribution >= 4 is 46.6 Å². The Hall–Kier alpha value is -3.22. The topological polar surface area (TPSA) is 58.6 Å². The Labute approximate surface area is 189 Å². The molecule has 5 nitrogen and oxygen atoms in total. The number of thioether (sulfide) groups is 1. The number of halogens is 1. The van der Waals surface area contributed by atoms with Crippen molar-refractivity contribution in [2.75, 3.05) is 17.3 Å². The van der Waals surface area contributed by atoms with Gasteiger partial charge in [0.2, 0.25) is 0 Å². The van der Waals surface area contributed by atoms with E-state index >= 15 is 0 Å². The number of carbonyl (C=O) groups is 2. The number of hydrogen-bond acceptors (Lipinski definition) is 5. The van der Waals surface area contributed by atoms with Gasteiger partial charge in [-0.05, 0) is 61.0 Å². The lowest BCUT2D eigenvalue weighted by molar-refractivity contribution is -0.120. The van der Waals surface area contributed by atoms with E-state index in [1.165, 1.54) is 11.8 Å². The van der Waals surface area contributed by atoms with Gasteiger partial charge in [-0.15, -0.1) is 0 Å². The number of methoxy groups -OCH3 is 1. The van der Waals surface area contributed by atoms with Crippen LogP contribution < -0.4 is 15.0 Å². The minimum Gasteiger partial charge on any atom is -0.497 e. The normalized spacial score (nSPS) is 13.7. The van der Waals surface area contributed by atoms with Crippen molar-refractivity contribution in [3.05, 3.63) is 94.0 Å². The lowest BCUT2D eigenvalue weighted by atomic mass is 10.2. The first-order chi connectivity index (χ1) is 15.0. The summed E-state index contributed by atoms with van der Waals surface area (Å²) in [7, 11) is 1.59. The minimum absolute atomic E-state index is 0.223. The smallest absolute Gasteiger partial charge is 0.283 e. The molecule has 156 valence electrons. The molecule has 2 amide bonds. The maximum atomic E-state index is 13.3. The fraction of sp³-hybridized carbons (Fsp3) is 0.0833. The molecule has 3 aromatic carbocycles. The fourth-order valence-corrected chi connectivity index (χ4v) is 4.22. The van der Waals surface area contributed by atoms with Crippen LogP contribution in [0.25, 0.3) is 0 Å². The van der Waals surface area contributed by atoms with Crippen LogP contribution in [0.2, 0.25) is 5.02 Å². The lowest BCUT2D eigenvalue weighted by Crippen LogP contribution is -2.32. The highest BCUT2D eigenvalue weighted by Gasteiger charge is 2.40. The molecular weight excluding hydrogens is 432 g/mol. The largest absolute Gasteiger partial charge is 0.497 e. The quantitative estimate of drug-likeness (QED) is 0.492. The Morgan fingerprint density at radius 1 is 0.935 bits per heavy atom. The van der Waals surface area contributed by atoms with Crippen LogP contribution in [0.1, 0.15) is 5.56 Å². The Balaban J connectivity index is 1.73. The maximum Gasteiger partial charge on any atom is 0.283 e. The van der Waals surface area contributed by atoms with Gasteiger partial charge in [0.25, 0.3) is 11.8 Å². The first-order valence-electron chi connectivity index (χ1n) is 9.51. The molecule has 0 fully saturated rings. The Kier molecular flexibility index (Phi) is 6.02. The van der Waals surface area contributed by atoms with Crippen LogP contribution in [0.3, 0.4) is 0 Å².